The molecule has 2 aliphatic rings. The number of carbonyl (C=O) groups is 1. The Bertz CT molecular complexity index is 223. The van der Waals surface area contributed by atoms with Gasteiger partial charge in [-0.25, -0.2) is 4.79 Å². The van der Waals surface area contributed by atoms with Crippen LogP contribution in [-0.2, 0) is 0 Å². The van der Waals surface area contributed by atoms with E-state index in [1.165, 1.54) is 32.1 Å². The summed E-state index contributed by atoms with van der Waals surface area (Å²) in [6.45, 7) is 4.77. The van der Waals surface area contributed by atoms with Crippen molar-refractivity contribution in [2.45, 2.75) is 38.1 Å². The van der Waals surface area contributed by atoms with Crippen molar-refractivity contribution in [1.29, 1.82) is 0 Å². The zero-order valence-corrected chi connectivity index (χ0v) is 11.1. The van der Waals surface area contributed by atoms with Crippen molar-refractivity contribution >= 4 is 6.03 Å². The zero-order chi connectivity index (χ0) is 12.6. The van der Waals surface area contributed by atoms with Gasteiger partial charge in [0.25, 0.3) is 0 Å². The zero-order valence-electron chi connectivity index (χ0n) is 11.1. The highest BCUT2D eigenvalue weighted by Gasteiger charge is 2.15. The van der Waals surface area contributed by atoms with Crippen LogP contribution in [-0.4, -0.2) is 44.8 Å². The number of carbonyl (C=O) groups excluding carboxylic acids is 1. The maximum atomic E-state index is 11.7. The van der Waals surface area contributed by atoms with Gasteiger partial charge in [-0.1, -0.05) is 6.42 Å². The smallest absolute Gasteiger partial charge is 0.314 e. The summed E-state index contributed by atoms with van der Waals surface area (Å²) in [5.74, 6) is 0.595. The highest BCUT2D eigenvalue weighted by molar-refractivity contribution is 5.73. The first-order chi connectivity index (χ1) is 8.84. The van der Waals surface area contributed by atoms with Crippen molar-refractivity contribution in [3.8, 4) is 0 Å². The Morgan fingerprint density at radius 1 is 1.06 bits per heavy atom. The number of urea groups is 1. The van der Waals surface area contributed by atoms with E-state index in [1.54, 1.807) is 0 Å². The summed E-state index contributed by atoms with van der Waals surface area (Å²) < 4.78 is 0. The van der Waals surface area contributed by atoms with Crippen LogP contribution in [0.15, 0.2) is 0 Å². The Balaban J connectivity index is 1.54. The van der Waals surface area contributed by atoms with Gasteiger partial charge in [-0.05, 0) is 51.2 Å². The molecule has 0 aromatic carbocycles. The highest BCUT2D eigenvalue weighted by Crippen LogP contribution is 2.08. The Morgan fingerprint density at radius 2 is 1.94 bits per heavy atom. The van der Waals surface area contributed by atoms with E-state index in [9.17, 15) is 4.79 Å². The normalized spacial score (nSPS) is 28.7. The molecule has 5 nitrogen and oxygen atoms in total. The molecule has 5 heteroatoms. The quantitative estimate of drug-likeness (QED) is 0.588. The molecule has 2 unspecified atom stereocenters. The molecule has 0 bridgehead atoms. The SMILES string of the molecule is O=C(NCC1CCCNC1)NCC1CCCCN1. The molecule has 4 N–H and O–H groups in total. The summed E-state index contributed by atoms with van der Waals surface area (Å²) >= 11 is 0. The Morgan fingerprint density at radius 3 is 2.67 bits per heavy atom. The fraction of sp³-hybridized carbons (Fsp3) is 0.923. The second-order valence-corrected chi connectivity index (χ2v) is 5.45. The van der Waals surface area contributed by atoms with Gasteiger partial charge in [0, 0.05) is 19.1 Å². The van der Waals surface area contributed by atoms with Crippen LogP contribution >= 0.6 is 0 Å². The highest BCUT2D eigenvalue weighted by atomic mass is 16.2. The fourth-order valence-corrected chi connectivity index (χ4v) is 2.71. The Labute approximate surface area is 109 Å². The van der Waals surface area contributed by atoms with E-state index < -0.39 is 0 Å². The second-order valence-electron chi connectivity index (χ2n) is 5.45. The molecule has 2 heterocycles. The molecule has 2 amide bonds. The van der Waals surface area contributed by atoms with Gasteiger partial charge in [-0.3, -0.25) is 0 Å². The van der Waals surface area contributed by atoms with Crippen LogP contribution in [0.4, 0.5) is 4.79 Å². The number of nitrogens with one attached hydrogen (secondary N) is 4. The van der Waals surface area contributed by atoms with E-state index >= 15 is 0 Å². The molecule has 104 valence electrons. The van der Waals surface area contributed by atoms with Crippen molar-refractivity contribution in [3.05, 3.63) is 0 Å². The second kappa shape index (κ2) is 7.59. The van der Waals surface area contributed by atoms with Gasteiger partial charge in [0.1, 0.15) is 0 Å². The van der Waals surface area contributed by atoms with Crippen LogP contribution in [0, 0.1) is 5.92 Å². The third-order valence-electron chi connectivity index (χ3n) is 3.87. The topological polar surface area (TPSA) is 65.2 Å². The Hall–Kier alpha value is -0.810. The van der Waals surface area contributed by atoms with Crippen molar-refractivity contribution in [1.82, 2.24) is 21.3 Å². The maximum absolute atomic E-state index is 11.7. The first-order valence-electron chi connectivity index (χ1n) is 7.30. The minimum absolute atomic E-state index is 0.0204. The Kier molecular flexibility index (Phi) is 5.74. The standard InChI is InChI=1S/C13H26N4O/c18-13(16-9-11-4-3-6-14-8-11)17-10-12-5-1-2-7-15-12/h11-12,14-15H,1-10H2,(H2,16,17,18). The molecule has 2 fully saturated rings. The molecular formula is C13H26N4O. The van der Waals surface area contributed by atoms with Crippen molar-refractivity contribution in [2.24, 2.45) is 5.92 Å². The van der Waals surface area contributed by atoms with Gasteiger partial charge in [-0.15, -0.1) is 0 Å². The lowest BCUT2D eigenvalue weighted by molar-refractivity contribution is 0.234. The minimum Gasteiger partial charge on any atom is -0.338 e. The lowest BCUT2D eigenvalue weighted by Crippen LogP contribution is -2.47. The largest absolute Gasteiger partial charge is 0.338 e. The van der Waals surface area contributed by atoms with E-state index in [0.29, 0.717) is 12.0 Å². The monoisotopic (exact) mass is 254 g/mol. The summed E-state index contributed by atoms with van der Waals surface area (Å²) in [5.41, 5.74) is 0. The average molecular weight is 254 g/mol. The summed E-state index contributed by atoms with van der Waals surface area (Å²) in [6.07, 6.45) is 6.15. The molecule has 2 saturated heterocycles. The van der Waals surface area contributed by atoms with Gasteiger partial charge in [0.15, 0.2) is 0 Å². The first kappa shape index (κ1) is 13.6. The average Bonchev–Trinajstić information content (AvgIpc) is 2.45. The van der Waals surface area contributed by atoms with E-state index in [-0.39, 0.29) is 6.03 Å². The molecule has 2 atom stereocenters. The van der Waals surface area contributed by atoms with Gasteiger partial charge in [0.2, 0.25) is 0 Å². The molecule has 0 aromatic rings. The number of hydrogen-bond acceptors (Lipinski definition) is 3. The van der Waals surface area contributed by atoms with Crippen molar-refractivity contribution < 1.29 is 4.79 Å². The summed E-state index contributed by atoms with van der Waals surface area (Å²) in [7, 11) is 0. The summed E-state index contributed by atoms with van der Waals surface area (Å²) in [5, 5.41) is 12.7. The van der Waals surface area contributed by atoms with E-state index in [1.807, 2.05) is 0 Å². The summed E-state index contributed by atoms with van der Waals surface area (Å²) in [6, 6.07) is 0.439. The molecule has 0 spiro atoms. The van der Waals surface area contributed by atoms with E-state index in [2.05, 4.69) is 21.3 Å². The van der Waals surface area contributed by atoms with E-state index in [0.717, 1.165) is 32.7 Å². The lowest BCUT2D eigenvalue weighted by Gasteiger charge is -2.25. The minimum atomic E-state index is -0.0204. The molecule has 2 aliphatic heterocycles. The fourth-order valence-electron chi connectivity index (χ4n) is 2.71. The van der Waals surface area contributed by atoms with Crippen LogP contribution in [0.2, 0.25) is 0 Å². The van der Waals surface area contributed by atoms with Crippen LogP contribution < -0.4 is 21.3 Å². The third kappa shape index (κ3) is 4.82. The van der Waals surface area contributed by atoms with Crippen LogP contribution in [0.1, 0.15) is 32.1 Å². The first-order valence-corrected chi connectivity index (χ1v) is 7.30. The number of hydrogen-bond donors (Lipinski definition) is 4. The molecule has 0 aliphatic carbocycles. The molecule has 2 rings (SSSR count). The number of rotatable bonds is 4. The molecule has 0 aromatic heterocycles. The predicted molar refractivity (Wildman–Crippen MR) is 72.6 cm³/mol. The molecule has 0 radical (unpaired) electrons. The summed E-state index contributed by atoms with van der Waals surface area (Å²) in [4.78, 5) is 11.7. The molecular weight excluding hydrogens is 228 g/mol. The lowest BCUT2D eigenvalue weighted by atomic mass is 10.00. The van der Waals surface area contributed by atoms with Crippen LogP contribution in [0.5, 0.6) is 0 Å². The number of amides is 2. The maximum Gasteiger partial charge on any atom is 0.314 e. The predicted octanol–water partition coefficient (Wildman–Crippen LogP) is 0.427. The van der Waals surface area contributed by atoms with Gasteiger partial charge in [0.05, 0.1) is 0 Å². The van der Waals surface area contributed by atoms with Crippen molar-refractivity contribution in [2.75, 3.05) is 32.7 Å². The van der Waals surface area contributed by atoms with Gasteiger partial charge >= 0.3 is 6.03 Å². The van der Waals surface area contributed by atoms with Crippen molar-refractivity contribution in [3.63, 3.8) is 0 Å². The molecule has 0 saturated carbocycles. The van der Waals surface area contributed by atoms with Gasteiger partial charge < -0.3 is 21.3 Å². The third-order valence-corrected chi connectivity index (χ3v) is 3.87. The van der Waals surface area contributed by atoms with E-state index in [4.69, 9.17) is 0 Å². The molecule has 18 heavy (non-hydrogen) atoms. The van der Waals surface area contributed by atoms with Gasteiger partial charge in [-0.2, -0.15) is 0 Å². The van der Waals surface area contributed by atoms with Crippen LogP contribution in [0.3, 0.4) is 0 Å². The van der Waals surface area contributed by atoms with Crippen LogP contribution in [0.25, 0.3) is 0 Å². The number of piperidine rings is 2.